The molecule has 1 saturated carbocycles. The van der Waals surface area contributed by atoms with Gasteiger partial charge < -0.3 is 10.2 Å². The van der Waals surface area contributed by atoms with Crippen LogP contribution in [-0.2, 0) is 6.54 Å². The third kappa shape index (κ3) is 4.42. The van der Waals surface area contributed by atoms with Gasteiger partial charge in [-0.3, -0.25) is 0 Å². The zero-order valence-corrected chi connectivity index (χ0v) is 11.0. The predicted octanol–water partition coefficient (Wildman–Crippen LogP) is 3.33. The lowest BCUT2D eigenvalue weighted by Crippen LogP contribution is -2.35. The summed E-state index contributed by atoms with van der Waals surface area (Å²) >= 11 is 0. The number of rotatable bonds is 6. The molecule has 0 bridgehead atoms. The van der Waals surface area contributed by atoms with Gasteiger partial charge in [0.15, 0.2) is 0 Å². The molecule has 1 aromatic rings. The molecule has 1 N–H and O–H groups in total. The third-order valence-corrected chi connectivity index (χ3v) is 3.24. The van der Waals surface area contributed by atoms with Crippen molar-refractivity contribution in [2.75, 3.05) is 18.0 Å². The lowest BCUT2D eigenvalue weighted by atomic mass is 10.1. The molecule has 0 spiro atoms. The molecule has 0 unspecified atom stereocenters. The van der Waals surface area contributed by atoms with Crippen molar-refractivity contribution in [1.29, 1.82) is 0 Å². The largest absolute Gasteiger partial charge is 0.405 e. The van der Waals surface area contributed by atoms with Crippen molar-refractivity contribution in [3.63, 3.8) is 0 Å². The van der Waals surface area contributed by atoms with Crippen molar-refractivity contribution in [2.45, 2.75) is 38.5 Å². The number of nitrogens with one attached hydrogen (secondary N) is 1. The van der Waals surface area contributed by atoms with Crippen LogP contribution in [0.3, 0.4) is 0 Å². The topological polar surface area (TPSA) is 15.3 Å². The summed E-state index contributed by atoms with van der Waals surface area (Å²) in [6, 6.07) is 7.86. The van der Waals surface area contributed by atoms with E-state index >= 15 is 0 Å². The van der Waals surface area contributed by atoms with Gasteiger partial charge >= 0.3 is 6.18 Å². The molecular weight excluding hydrogens is 253 g/mol. The van der Waals surface area contributed by atoms with E-state index in [1.54, 1.807) is 19.1 Å². The Bertz CT molecular complexity index is 413. The van der Waals surface area contributed by atoms with Gasteiger partial charge in [0, 0.05) is 24.8 Å². The number of hydrogen-bond acceptors (Lipinski definition) is 2. The first-order chi connectivity index (χ1) is 8.99. The molecule has 106 valence electrons. The van der Waals surface area contributed by atoms with Crippen molar-refractivity contribution in [2.24, 2.45) is 0 Å². The minimum atomic E-state index is -4.17. The van der Waals surface area contributed by atoms with Gasteiger partial charge in [0.25, 0.3) is 0 Å². The highest BCUT2D eigenvalue weighted by Crippen LogP contribution is 2.26. The summed E-state index contributed by atoms with van der Waals surface area (Å²) < 4.78 is 37.7. The molecule has 0 atom stereocenters. The minimum absolute atomic E-state index is 0.347. The van der Waals surface area contributed by atoms with E-state index in [2.05, 4.69) is 5.32 Å². The number of hydrogen-bond donors (Lipinski definition) is 1. The van der Waals surface area contributed by atoms with E-state index in [4.69, 9.17) is 0 Å². The second-order valence-corrected chi connectivity index (χ2v) is 4.91. The Kier molecular flexibility index (Phi) is 4.34. The summed E-state index contributed by atoms with van der Waals surface area (Å²) in [5, 5.41) is 3.35. The second-order valence-electron chi connectivity index (χ2n) is 4.91. The number of benzene rings is 1. The van der Waals surface area contributed by atoms with Crippen LogP contribution in [0.5, 0.6) is 0 Å². The predicted molar refractivity (Wildman–Crippen MR) is 70.2 cm³/mol. The van der Waals surface area contributed by atoms with Gasteiger partial charge in [0.1, 0.15) is 6.54 Å². The summed E-state index contributed by atoms with van der Waals surface area (Å²) in [6.07, 6.45) is -1.84. The van der Waals surface area contributed by atoms with Crippen molar-refractivity contribution in [1.82, 2.24) is 5.32 Å². The zero-order chi connectivity index (χ0) is 13.9. The fourth-order valence-corrected chi connectivity index (χ4v) is 2.09. The Morgan fingerprint density at radius 1 is 1.26 bits per heavy atom. The minimum Gasteiger partial charge on any atom is -0.363 e. The number of anilines is 1. The first kappa shape index (κ1) is 14.2. The number of alkyl halides is 3. The highest BCUT2D eigenvalue weighted by atomic mass is 19.4. The van der Waals surface area contributed by atoms with Crippen molar-refractivity contribution in [3.8, 4) is 0 Å². The van der Waals surface area contributed by atoms with Gasteiger partial charge in [-0.1, -0.05) is 18.2 Å². The molecule has 0 heterocycles. The van der Waals surface area contributed by atoms with Crippen LogP contribution >= 0.6 is 0 Å². The second kappa shape index (κ2) is 5.82. The molecule has 2 nitrogen and oxygen atoms in total. The van der Waals surface area contributed by atoms with Gasteiger partial charge in [0.2, 0.25) is 0 Å². The highest BCUT2D eigenvalue weighted by Gasteiger charge is 2.31. The van der Waals surface area contributed by atoms with E-state index in [-0.39, 0.29) is 0 Å². The standard InChI is InChI=1S/C14H19F3N2/c1-2-19(10-14(15,16)17)13-6-4-3-5-11(13)9-18-12-7-8-12/h3-6,12,18H,2,7-10H2,1H3. The van der Waals surface area contributed by atoms with E-state index < -0.39 is 12.7 Å². The van der Waals surface area contributed by atoms with Crippen LogP contribution < -0.4 is 10.2 Å². The molecule has 1 aliphatic carbocycles. The average molecular weight is 272 g/mol. The van der Waals surface area contributed by atoms with Gasteiger partial charge in [-0.05, 0) is 31.4 Å². The van der Waals surface area contributed by atoms with Crippen molar-refractivity contribution < 1.29 is 13.2 Å². The maximum absolute atomic E-state index is 12.6. The normalized spacial score (nSPS) is 15.6. The maximum Gasteiger partial charge on any atom is 0.405 e. The third-order valence-electron chi connectivity index (χ3n) is 3.24. The summed E-state index contributed by atoms with van der Waals surface area (Å²) in [4.78, 5) is 1.38. The molecule has 0 aromatic heterocycles. The number of halogens is 3. The van der Waals surface area contributed by atoms with Gasteiger partial charge in [0.05, 0.1) is 0 Å². The van der Waals surface area contributed by atoms with Crippen LogP contribution in [-0.4, -0.2) is 25.3 Å². The maximum atomic E-state index is 12.6. The van der Waals surface area contributed by atoms with Crippen LogP contribution in [0.15, 0.2) is 24.3 Å². The number of para-hydroxylation sites is 1. The first-order valence-corrected chi connectivity index (χ1v) is 6.62. The van der Waals surface area contributed by atoms with Gasteiger partial charge in [-0.25, -0.2) is 0 Å². The number of nitrogens with zero attached hydrogens (tertiary/aromatic N) is 1. The van der Waals surface area contributed by atoms with Crippen LogP contribution in [0.4, 0.5) is 18.9 Å². The fraction of sp³-hybridized carbons (Fsp3) is 0.571. The summed E-state index contributed by atoms with van der Waals surface area (Å²) in [6.45, 7) is 1.83. The molecule has 0 amide bonds. The molecule has 2 rings (SSSR count). The molecule has 0 saturated heterocycles. The lowest BCUT2D eigenvalue weighted by Gasteiger charge is -2.26. The highest BCUT2D eigenvalue weighted by molar-refractivity contribution is 5.53. The monoisotopic (exact) mass is 272 g/mol. The van der Waals surface area contributed by atoms with Crippen LogP contribution in [0.1, 0.15) is 25.3 Å². The molecule has 0 radical (unpaired) electrons. The van der Waals surface area contributed by atoms with E-state index in [0.29, 0.717) is 24.8 Å². The van der Waals surface area contributed by atoms with Crippen LogP contribution in [0, 0.1) is 0 Å². The molecule has 5 heteroatoms. The Labute approximate surface area is 111 Å². The summed E-state index contributed by atoms with van der Waals surface area (Å²) in [7, 11) is 0. The van der Waals surface area contributed by atoms with Crippen LogP contribution in [0.25, 0.3) is 0 Å². The van der Waals surface area contributed by atoms with Crippen molar-refractivity contribution in [3.05, 3.63) is 29.8 Å². The average Bonchev–Trinajstić information content (AvgIpc) is 3.17. The van der Waals surface area contributed by atoms with Gasteiger partial charge in [-0.15, -0.1) is 0 Å². The SMILES string of the molecule is CCN(CC(F)(F)F)c1ccccc1CNC1CC1. The van der Waals surface area contributed by atoms with E-state index in [9.17, 15) is 13.2 Å². The van der Waals surface area contributed by atoms with E-state index in [0.717, 1.165) is 5.56 Å². The van der Waals surface area contributed by atoms with Gasteiger partial charge in [-0.2, -0.15) is 13.2 Å². The molecule has 0 aliphatic heterocycles. The summed E-state index contributed by atoms with van der Waals surface area (Å²) in [5.41, 5.74) is 1.61. The van der Waals surface area contributed by atoms with Crippen molar-refractivity contribution >= 4 is 5.69 Å². The lowest BCUT2D eigenvalue weighted by molar-refractivity contribution is -0.119. The quantitative estimate of drug-likeness (QED) is 0.854. The van der Waals surface area contributed by atoms with E-state index in [1.807, 2.05) is 12.1 Å². The van der Waals surface area contributed by atoms with E-state index in [1.165, 1.54) is 17.7 Å². The Balaban J connectivity index is 2.10. The smallest absolute Gasteiger partial charge is 0.363 e. The molecule has 19 heavy (non-hydrogen) atoms. The molecular formula is C14H19F3N2. The Morgan fingerprint density at radius 2 is 1.95 bits per heavy atom. The Hall–Kier alpha value is -1.23. The molecule has 1 aliphatic rings. The zero-order valence-electron chi connectivity index (χ0n) is 11.0. The summed E-state index contributed by atoms with van der Waals surface area (Å²) in [5.74, 6) is 0. The molecule has 1 aromatic carbocycles. The van der Waals surface area contributed by atoms with Crippen LogP contribution in [0.2, 0.25) is 0 Å². The molecule has 1 fully saturated rings. The fourth-order valence-electron chi connectivity index (χ4n) is 2.09. The Morgan fingerprint density at radius 3 is 2.53 bits per heavy atom. The first-order valence-electron chi connectivity index (χ1n) is 6.62.